The highest BCUT2D eigenvalue weighted by Gasteiger charge is 2.36. The van der Waals surface area contributed by atoms with Crippen molar-refractivity contribution in [3.63, 3.8) is 0 Å². The zero-order chi connectivity index (χ0) is 14.0. The summed E-state index contributed by atoms with van der Waals surface area (Å²) < 4.78 is 79.1. The number of halogens is 6. The van der Waals surface area contributed by atoms with E-state index in [4.69, 9.17) is 0 Å². The predicted molar refractivity (Wildman–Crippen MR) is 51.9 cm³/mol. The van der Waals surface area contributed by atoms with Gasteiger partial charge in [0.25, 0.3) is 0 Å². The fourth-order valence-electron chi connectivity index (χ4n) is 1.21. The van der Waals surface area contributed by atoms with Crippen LogP contribution in [0.2, 0.25) is 0 Å². The Morgan fingerprint density at radius 2 is 1.39 bits per heavy atom. The quantitative estimate of drug-likeness (QED) is 0.669. The van der Waals surface area contributed by atoms with Gasteiger partial charge in [-0.3, -0.25) is 0 Å². The zero-order valence-corrected chi connectivity index (χ0v) is 9.12. The van der Waals surface area contributed by atoms with Gasteiger partial charge >= 0.3 is 12.4 Å². The van der Waals surface area contributed by atoms with Gasteiger partial charge in [0.2, 0.25) is 0 Å². The molecule has 0 radical (unpaired) electrons. The van der Waals surface area contributed by atoms with E-state index in [2.05, 4.69) is 10.1 Å². The lowest BCUT2D eigenvalue weighted by atomic mass is 10.1. The van der Waals surface area contributed by atoms with Gasteiger partial charge in [0.1, 0.15) is 6.73 Å². The molecule has 0 atom stereocenters. The van der Waals surface area contributed by atoms with Crippen LogP contribution in [0.5, 0.6) is 0 Å². The molecule has 0 unspecified atom stereocenters. The molecule has 0 bridgehead atoms. The van der Waals surface area contributed by atoms with Crippen molar-refractivity contribution in [2.24, 2.45) is 0 Å². The molecule has 0 saturated heterocycles. The third-order valence-corrected chi connectivity index (χ3v) is 2.01. The van der Waals surface area contributed by atoms with Gasteiger partial charge in [-0.1, -0.05) is 0 Å². The average molecular weight is 273 g/mol. The van der Waals surface area contributed by atoms with E-state index in [-0.39, 0.29) is 18.5 Å². The number of methoxy groups -OCH3 is 1. The predicted octanol–water partition coefficient (Wildman–Crippen LogP) is 3.74. The number of benzene rings is 1. The minimum Gasteiger partial charge on any atom is -0.365 e. The van der Waals surface area contributed by atoms with Gasteiger partial charge in [-0.05, 0) is 18.2 Å². The number of ether oxygens (including phenoxy) is 1. The molecule has 0 heterocycles. The second-order valence-corrected chi connectivity index (χ2v) is 3.40. The third kappa shape index (κ3) is 3.80. The number of hydrogen-bond donors (Lipinski definition) is 1. The van der Waals surface area contributed by atoms with Crippen molar-refractivity contribution in [1.82, 2.24) is 0 Å². The standard InChI is InChI=1S/C10H9F6NO/c1-18-5-17-8-3-6(9(11,12)13)2-7(4-8)10(14,15)16/h2-4,17H,5H2,1H3. The second kappa shape index (κ2) is 5.05. The summed E-state index contributed by atoms with van der Waals surface area (Å²) in [7, 11) is 1.26. The van der Waals surface area contributed by atoms with Crippen LogP contribution in [-0.2, 0) is 17.1 Å². The molecule has 0 aliphatic carbocycles. The van der Waals surface area contributed by atoms with Crippen molar-refractivity contribution in [3.8, 4) is 0 Å². The summed E-state index contributed by atoms with van der Waals surface area (Å²) in [5, 5.41) is 2.30. The van der Waals surface area contributed by atoms with Gasteiger partial charge in [0.05, 0.1) is 11.1 Å². The molecule has 1 aromatic rings. The second-order valence-electron chi connectivity index (χ2n) is 3.40. The molecule has 0 aliphatic heterocycles. The summed E-state index contributed by atoms with van der Waals surface area (Å²) in [5.41, 5.74) is -3.04. The largest absolute Gasteiger partial charge is 0.416 e. The Labute approximate surface area is 98.5 Å². The number of alkyl halides is 6. The van der Waals surface area contributed by atoms with Crippen molar-refractivity contribution in [3.05, 3.63) is 29.3 Å². The Morgan fingerprint density at radius 1 is 0.944 bits per heavy atom. The molecular weight excluding hydrogens is 264 g/mol. The normalized spacial score (nSPS) is 12.6. The molecule has 0 saturated carbocycles. The van der Waals surface area contributed by atoms with Gasteiger partial charge < -0.3 is 10.1 Å². The van der Waals surface area contributed by atoms with Gasteiger partial charge in [-0.15, -0.1) is 0 Å². The molecule has 1 rings (SSSR count). The maximum atomic E-state index is 12.4. The Morgan fingerprint density at radius 3 is 1.72 bits per heavy atom. The molecular formula is C10H9F6NO. The summed E-state index contributed by atoms with van der Waals surface area (Å²) in [6, 6.07) is 1.25. The van der Waals surface area contributed by atoms with Crippen LogP contribution in [-0.4, -0.2) is 13.8 Å². The van der Waals surface area contributed by atoms with Crippen LogP contribution in [0.3, 0.4) is 0 Å². The first-order valence-electron chi connectivity index (χ1n) is 4.67. The fraction of sp³-hybridized carbons (Fsp3) is 0.400. The van der Waals surface area contributed by atoms with Gasteiger partial charge in [0.15, 0.2) is 0 Å². The molecule has 1 aromatic carbocycles. The lowest BCUT2D eigenvalue weighted by Crippen LogP contribution is -2.13. The van der Waals surface area contributed by atoms with Crippen LogP contribution in [0.4, 0.5) is 32.0 Å². The Bertz CT molecular complexity index is 380. The summed E-state index contributed by atoms with van der Waals surface area (Å²) in [5.74, 6) is 0. The number of hydrogen-bond acceptors (Lipinski definition) is 2. The summed E-state index contributed by atoms with van der Waals surface area (Å²) in [4.78, 5) is 0. The molecule has 18 heavy (non-hydrogen) atoms. The molecule has 102 valence electrons. The first kappa shape index (κ1) is 14.6. The van der Waals surface area contributed by atoms with Gasteiger partial charge in [-0.25, -0.2) is 0 Å². The molecule has 0 spiro atoms. The minimum atomic E-state index is -4.84. The van der Waals surface area contributed by atoms with E-state index in [1.165, 1.54) is 7.11 Å². The topological polar surface area (TPSA) is 21.3 Å². The van der Waals surface area contributed by atoms with Crippen molar-refractivity contribution < 1.29 is 31.1 Å². The van der Waals surface area contributed by atoms with E-state index in [0.717, 1.165) is 0 Å². The third-order valence-electron chi connectivity index (χ3n) is 2.01. The van der Waals surface area contributed by atoms with Crippen LogP contribution in [0, 0.1) is 0 Å². The molecule has 0 fully saturated rings. The van der Waals surface area contributed by atoms with E-state index in [1.807, 2.05) is 0 Å². The molecule has 0 amide bonds. The zero-order valence-electron chi connectivity index (χ0n) is 9.12. The van der Waals surface area contributed by atoms with E-state index < -0.39 is 23.5 Å². The van der Waals surface area contributed by atoms with Crippen LogP contribution in [0.15, 0.2) is 18.2 Å². The maximum absolute atomic E-state index is 12.4. The molecule has 1 N–H and O–H groups in total. The summed E-state index contributed by atoms with van der Waals surface area (Å²) >= 11 is 0. The lowest BCUT2D eigenvalue weighted by molar-refractivity contribution is -0.143. The van der Waals surface area contributed by atoms with Crippen LogP contribution in [0.1, 0.15) is 11.1 Å². The number of rotatable bonds is 3. The first-order valence-corrected chi connectivity index (χ1v) is 4.67. The highest BCUT2D eigenvalue weighted by atomic mass is 19.4. The fourth-order valence-corrected chi connectivity index (χ4v) is 1.21. The van der Waals surface area contributed by atoms with Crippen LogP contribution >= 0.6 is 0 Å². The van der Waals surface area contributed by atoms with Gasteiger partial charge in [0, 0.05) is 12.8 Å². The van der Waals surface area contributed by atoms with Crippen LogP contribution in [0.25, 0.3) is 0 Å². The highest BCUT2D eigenvalue weighted by Crippen LogP contribution is 2.37. The van der Waals surface area contributed by atoms with Crippen LogP contribution < -0.4 is 5.32 Å². The van der Waals surface area contributed by atoms with E-state index in [0.29, 0.717) is 12.1 Å². The Kier molecular flexibility index (Phi) is 4.10. The Hall–Kier alpha value is -1.44. The minimum absolute atomic E-state index is 0.0674. The van der Waals surface area contributed by atoms with Crippen molar-refractivity contribution in [2.75, 3.05) is 19.2 Å². The summed E-state index contributed by atoms with van der Waals surface area (Å²) in [6.45, 7) is -0.196. The molecule has 2 nitrogen and oxygen atoms in total. The SMILES string of the molecule is COCNc1cc(C(F)(F)F)cc(C(F)(F)F)c1. The van der Waals surface area contributed by atoms with Gasteiger partial charge in [-0.2, -0.15) is 26.3 Å². The first-order chi connectivity index (χ1) is 8.14. The monoisotopic (exact) mass is 273 g/mol. The van der Waals surface area contributed by atoms with Crippen molar-refractivity contribution >= 4 is 5.69 Å². The number of nitrogens with one attached hydrogen (secondary N) is 1. The highest BCUT2D eigenvalue weighted by molar-refractivity contribution is 5.50. The lowest BCUT2D eigenvalue weighted by Gasteiger charge is -2.14. The number of anilines is 1. The van der Waals surface area contributed by atoms with E-state index in [9.17, 15) is 26.3 Å². The van der Waals surface area contributed by atoms with Crippen molar-refractivity contribution in [1.29, 1.82) is 0 Å². The molecule has 0 aromatic heterocycles. The van der Waals surface area contributed by atoms with E-state index >= 15 is 0 Å². The van der Waals surface area contributed by atoms with E-state index in [1.54, 1.807) is 0 Å². The average Bonchev–Trinajstić information content (AvgIpc) is 2.23. The maximum Gasteiger partial charge on any atom is 0.416 e. The Balaban J connectivity index is 3.21. The molecule has 0 aliphatic rings. The molecule has 8 heteroatoms. The van der Waals surface area contributed by atoms with Crippen molar-refractivity contribution in [2.45, 2.75) is 12.4 Å². The smallest absolute Gasteiger partial charge is 0.365 e. The summed E-state index contributed by atoms with van der Waals surface area (Å²) in [6.07, 6.45) is -9.68.